The first-order valence-electron chi connectivity index (χ1n) is 9.40. The molecule has 2 rings (SSSR count). The lowest BCUT2D eigenvalue weighted by molar-refractivity contribution is -0.131. The van der Waals surface area contributed by atoms with E-state index in [4.69, 9.17) is 10.5 Å². The Morgan fingerprint density at radius 3 is 2.46 bits per heavy atom. The molecule has 0 saturated carbocycles. The van der Waals surface area contributed by atoms with Crippen molar-refractivity contribution in [1.82, 2.24) is 10.2 Å². The predicted octanol–water partition coefficient (Wildman–Crippen LogP) is 2.59. The molecule has 0 radical (unpaired) electrons. The molecule has 8 heteroatoms. The van der Waals surface area contributed by atoms with Gasteiger partial charge in [0.25, 0.3) is 0 Å². The zero-order valence-electron chi connectivity index (χ0n) is 16.5. The van der Waals surface area contributed by atoms with Crippen molar-refractivity contribution < 1.29 is 19.1 Å². The van der Waals surface area contributed by atoms with Gasteiger partial charge in [-0.1, -0.05) is 12.1 Å². The van der Waals surface area contributed by atoms with E-state index in [0.29, 0.717) is 19.4 Å². The largest absolute Gasteiger partial charge is 0.444 e. The summed E-state index contributed by atoms with van der Waals surface area (Å²) in [4.78, 5) is 38.7. The summed E-state index contributed by atoms with van der Waals surface area (Å²) in [5, 5.41) is 2.73. The van der Waals surface area contributed by atoms with Crippen molar-refractivity contribution in [2.45, 2.75) is 64.1 Å². The molecule has 0 aliphatic carbocycles. The van der Waals surface area contributed by atoms with Crippen molar-refractivity contribution in [3.63, 3.8) is 0 Å². The normalized spacial score (nSPS) is 18.3. The van der Waals surface area contributed by atoms with Gasteiger partial charge in [0.05, 0.1) is 0 Å². The number of ether oxygens (including phenoxy) is 1. The highest BCUT2D eigenvalue weighted by Gasteiger charge is 2.36. The number of benzene rings is 1. The van der Waals surface area contributed by atoms with Gasteiger partial charge in [-0.25, -0.2) is 4.79 Å². The third-order valence-corrected chi connectivity index (χ3v) is 5.17. The van der Waals surface area contributed by atoms with E-state index in [1.165, 1.54) is 4.90 Å². The quantitative estimate of drug-likeness (QED) is 0.606. The molecule has 1 saturated heterocycles. The van der Waals surface area contributed by atoms with E-state index in [1.807, 2.05) is 24.3 Å². The van der Waals surface area contributed by atoms with E-state index < -0.39 is 29.7 Å². The Balaban J connectivity index is 2.08. The van der Waals surface area contributed by atoms with Crippen LogP contribution in [0.15, 0.2) is 24.3 Å². The van der Waals surface area contributed by atoms with E-state index in [1.54, 1.807) is 20.8 Å². The molecule has 1 heterocycles. The molecule has 2 unspecified atom stereocenters. The Morgan fingerprint density at radius 1 is 1.25 bits per heavy atom. The molecule has 3 amide bonds. The SMILES string of the molecule is CC(C)(C)OC(=O)N1CCCCC1C(=O)NC(Cc1ccc(I)cc1)C(N)=O. The van der Waals surface area contributed by atoms with E-state index in [9.17, 15) is 14.4 Å². The van der Waals surface area contributed by atoms with Crippen LogP contribution in [0.4, 0.5) is 4.79 Å². The number of hydrogen-bond donors (Lipinski definition) is 2. The van der Waals surface area contributed by atoms with Crippen molar-refractivity contribution in [3.8, 4) is 0 Å². The van der Waals surface area contributed by atoms with Gasteiger partial charge in [-0.3, -0.25) is 14.5 Å². The number of nitrogens with one attached hydrogen (secondary N) is 1. The van der Waals surface area contributed by atoms with E-state index in [-0.39, 0.29) is 5.91 Å². The maximum atomic E-state index is 12.9. The molecule has 1 aliphatic heterocycles. The van der Waals surface area contributed by atoms with Crippen LogP contribution in [0.1, 0.15) is 45.6 Å². The van der Waals surface area contributed by atoms with Gasteiger partial charge < -0.3 is 15.8 Å². The monoisotopic (exact) mass is 501 g/mol. The number of hydrogen-bond acceptors (Lipinski definition) is 4. The first kappa shape index (κ1) is 22.4. The average molecular weight is 501 g/mol. The lowest BCUT2D eigenvalue weighted by Crippen LogP contribution is -2.56. The standard InChI is InChI=1S/C20H28IN3O4/c1-20(2,3)28-19(27)24-11-5-4-6-16(24)18(26)23-15(17(22)25)12-13-7-9-14(21)10-8-13/h7-10,15-16H,4-6,11-12H2,1-3H3,(H2,22,25)(H,23,26). The molecule has 3 N–H and O–H groups in total. The summed E-state index contributed by atoms with van der Waals surface area (Å²) in [5.74, 6) is -0.980. The van der Waals surface area contributed by atoms with E-state index in [2.05, 4.69) is 27.9 Å². The molecular weight excluding hydrogens is 473 g/mol. The second-order valence-corrected chi connectivity index (χ2v) is 9.23. The molecule has 1 aliphatic rings. The third kappa shape index (κ3) is 6.65. The average Bonchev–Trinajstić information content (AvgIpc) is 2.61. The highest BCUT2D eigenvalue weighted by molar-refractivity contribution is 14.1. The molecule has 0 aromatic heterocycles. The Morgan fingerprint density at radius 2 is 1.89 bits per heavy atom. The third-order valence-electron chi connectivity index (χ3n) is 4.45. The van der Waals surface area contributed by atoms with Crippen molar-refractivity contribution in [1.29, 1.82) is 0 Å². The second-order valence-electron chi connectivity index (χ2n) is 7.98. The summed E-state index contributed by atoms with van der Waals surface area (Å²) >= 11 is 2.20. The molecule has 1 aromatic carbocycles. The first-order chi connectivity index (χ1) is 13.1. The molecule has 154 valence electrons. The van der Waals surface area contributed by atoms with Gasteiger partial charge in [0.15, 0.2) is 0 Å². The number of rotatable bonds is 5. The lowest BCUT2D eigenvalue weighted by atomic mass is 10.0. The number of amides is 3. The van der Waals surface area contributed by atoms with Gasteiger partial charge in [-0.2, -0.15) is 0 Å². The zero-order chi connectivity index (χ0) is 20.9. The Labute approximate surface area is 179 Å². The summed E-state index contributed by atoms with van der Waals surface area (Å²) in [7, 11) is 0. The fourth-order valence-electron chi connectivity index (χ4n) is 3.09. The van der Waals surface area contributed by atoms with Crippen LogP contribution in [-0.2, 0) is 20.7 Å². The van der Waals surface area contributed by atoms with Gasteiger partial charge in [0, 0.05) is 16.5 Å². The topological polar surface area (TPSA) is 102 Å². The van der Waals surface area contributed by atoms with Crippen LogP contribution in [0.2, 0.25) is 0 Å². The molecular formula is C20H28IN3O4. The molecule has 0 spiro atoms. The zero-order valence-corrected chi connectivity index (χ0v) is 18.7. The van der Waals surface area contributed by atoms with Gasteiger partial charge in [-0.05, 0) is 80.3 Å². The minimum absolute atomic E-state index is 0.303. The van der Waals surface area contributed by atoms with Crippen molar-refractivity contribution in [3.05, 3.63) is 33.4 Å². The summed E-state index contributed by atoms with van der Waals surface area (Å²) in [6, 6.07) is 6.16. The van der Waals surface area contributed by atoms with Crippen LogP contribution in [0.3, 0.4) is 0 Å². The van der Waals surface area contributed by atoms with Crippen molar-refractivity contribution in [2.75, 3.05) is 6.54 Å². The number of piperidine rings is 1. The number of carbonyl (C=O) groups excluding carboxylic acids is 3. The number of primary amides is 1. The molecule has 1 aromatic rings. The number of likely N-dealkylation sites (tertiary alicyclic amines) is 1. The summed E-state index contributed by atoms with van der Waals surface area (Å²) < 4.78 is 6.51. The maximum Gasteiger partial charge on any atom is 0.410 e. The Hall–Kier alpha value is -1.84. The first-order valence-corrected chi connectivity index (χ1v) is 10.5. The summed E-state index contributed by atoms with van der Waals surface area (Å²) in [6.45, 7) is 5.81. The van der Waals surface area contributed by atoms with Crippen LogP contribution in [-0.4, -0.2) is 47.0 Å². The van der Waals surface area contributed by atoms with Gasteiger partial charge in [0.1, 0.15) is 17.7 Å². The van der Waals surface area contributed by atoms with Gasteiger partial charge in [-0.15, -0.1) is 0 Å². The number of nitrogens with zero attached hydrogens (tertiary/aromatic N) is 1. The highest BCUT2D eigenvalue weighted by atomic mass is 127. The van der Waals surface area contributed by atoms with Crippen LogP contribution < -0.4 is 11.1 Å². The highest BCUT2D eigenvalue weighted by Crippen LogP contribution is 2.21. The number of nitrogens with two attached hydrogens (primary N) is 1. The van der Waals surface area contributed by atoms with E-state index in [0.717, 1.165) is 22.0 Å². The summed E-state index contributed by atoms with van der Waals surface area (Å²) in [5.41, 5.74) is 5.77. The molecule has 28 heavy (non-hydrogen) atoms. The van der Waals surface area contributed by atoms with E-state index >= 15 is 0 Å². The van der Waals surface area contributed by atoms with Crippen molar-refractivity contribution >= 4 is 40.5 Å². The van der Waals surface area contributed by atoms with Crippen LogP contribution in [0.5, 0.6) is 0 Å². The molecule has 0 bridgehead atoms. The number of carbonyl (C=O) groups is 3. The fourth-order valence-corrected chi connectivity index (χ4v) is 3.45. The smallest absolute Gasteiger partial charge is 0.410 e. The van der Waals surface area contributed by atoms with Crippen molar-refractivity contribution in [2.24, 2.45) is 5.73 Å². The van der Waals surface area contributed by atoms with Gasteiger partial charge in [0.2, 0.25) is 11.8 Å². The van der Waals surface area contributed by atoms with Crippen LogP contribution in [0, 0.1) is 3.57 Å². The Kier molecular flexibility index (Phi) is 7.68. The van der Waals surface area contributed by atoms with Gasteiger partial charge >= 0.3 is 6.09 Å². The molecule has 2 atom stereocenters. The lowest BCUT2D eigenvalue weighted by Gasteiger charge is -2.36. The minimum Gasteiger partial charge on any atom is -0.444 e. The Bertz CT molecular complexity index is 715. The predicted molar refractivity (Wildman–Crippen MR) is 115 cm³/mol. The van der Waals surface area contributed by atoms with Crippen LogP contribution >= 0.6 is 22.6 Å². The fraction of sp³-hybridized carbons (Fsp3) is 0.550. The number of halogens is 1. The second kappa shape index (κ2) is 9.58. The molecule has 7 nitrogen and oxygen atoms in total. The van der Waals surface area contributed by atoms with Crippen LogP contribution in [0.25, 0.3) is 0 Å². The maximum absolute atomic E-state index is 12.9. The summed E-state index contributed by atoms with van der Waals surface area (Å²) in [6.07, 6.45) is 1.96. The minimum atomic E-state index is -0.838. The molecule has 1 fully saturated rings.